The molecular weight excluding hydrogens is 733 g/mol. The summed E-state index contributed by atoms with van der Waals surface area (Å²) in [5.41, 5.74) is 0. The molecule has 0 spiro atoms. The first-order chi connectivity index (χ1) is 29.0. The Balaban J connectivity index is 3.97. The average molecular weight is 827 g/mol. The lowest BCUT2D eigenvalue weighted by atomic mass is 10.0. The van der Waals surface area contributed by atoms with Crippen molar-refractivity contribution in [2.45, 2.75) is 258 Å². The lowest BCUT2D eigenvalue weighted by Crippen LogP contribution is -2.30. The standard InChI is InChI=1S/C53H94O6/c1-4-7-10-13-16-18-19-20-21-22-23-24-25-26-27-28-29-30-31-32-33-34-35-36-38-40-43-46-52(55)58-49-50(48-57-51(54)45-42-39-15-12-9-6-3)59-53(56)47-44-41-37-17-14-11-8-5-2/h7,10,16,18,20-21,23-24,50H,4-6,8-9,11-15,17,19,22,25-49H2,1-3H3/b10-7-,18-16-,21-20-,24-23-. The van der Waals surface area contributed by atoms with E-state index < -0.39 is 6.10 Å². The van der Waals surface area contributed by atoms with Crippen LogP contribution in [0, 0.1) is 0 Å². The second-order valence-corrected chi connectivity index (χ2v) is 16.7. The molecule has 342 valence electrons. The Kier molecular flexibility index (Phi) is 45.9. The maximum atomic E-state index is 12.6. The van der Waals surface area contributed by atoms with Gasteiger partial charge in [0.15, 0.2) is 6.10 Å². The number of carbonyl (C=O) groups is 3. The van der Waals surface area contributed by atoms with Crippen LogP contribution in [0.1, 0.15) is 252 Å². The van der Waals surface area contributed by atoms with E-state index in [2.05, 4.69) is 69.4 Å². The second-order valence-electron chi connectivity index (χ2n) is 16.7. The Morgan fingerprint density at radius 3 is 1.03 bits per heavy atom. The number of unbranched alkanes of at least 4 members (excludes halogenated alkanes) is 26. The normalized spacial score (nSPS) is 12.4. The molecule has 59 heavy (non-hydrogen) atoms. The van der Waals surface area contributed by atoms with Crippen molar-refractivity contribution >= 4 is 17.9 Å². The number of esters is 3. The van der Waals surface area contributed by atoms with E-state index >= 15 is 0 Å². The first-order valence-electron chi connectivity index (χ1n) is 25.1. The fraction of sp³-hybridized carbons (Fsp3) is 0.792. The molecule has 0 amide bonds. The van der Waals surface area contributed by atoms with Gasteiger partial charge in [-0.3, -0.25) is 14.4 Å². The zero-order valence-electron chi connectivity index (χ0n) is 39.0. The van der Waals surface area contributed by atoms with Crippen LogP contribution in [0.3, 0.4) is 0 Å². The molecule has 0 bridgehead atoms. The van der Waals surface area contributed by atoms with Gasteiger partial charge >= 0.3 is 17.9 Å². The van der Waals surface area contributed by atoms with Gasteiger partial charge in [0.2, 0.25) is 0 Å². The summed E-state index contributed by atoms with van der Waals surface area (Å²) in [6.07, 6.45) is 57.2. The molecule has 6 heteroatoms. The lowest BCUT2D eigenvalue weighted by Gasteiger charge is -2.18. The molecule has 0 aromatic heterocycles. The Morgan fingerprint density at radius 1 is 0.356 bits per heavy atom. The fourth-order valence-electron chi connectivity index (χ4n) is 7.08. The van der Waals surface area contributed by atoms with Gasteiger partial charge in [-0.15, -0.1) is 0 Å². The smallest absolute Gasteiger partial charge is 0.306 e. The van der Waals surface area contributed by atoms with E-state index in [0.29, 0.717) is 19.3 Å². The van der Waals surface area contributed by atoms with Gasteiger partial charge in [0.1, 0.15) is 13.2 Å². The van der Waals surface area contributed by atoms with Crippen LogP contribution in [0.2, 0.25) is 0 Å². The zero-order valence-corrected chi connectivity index (χ0v) is 39.0. The van der Waals surface area contributed by atoms with Crippen LogP contribution in [0.15, 0.2) is 48.6 Å². The number of hydrogen-bond acceptors (Lipinski definition) is 6. The SMILES string of the molecule is CC/C=C\C/C=C\C/C=C\C/C=C\CCCCCCCCCCCCCCCCC(=O)OCC(COC(=O)CCCCCCCC)OC(=O)CCCCCCCCCC. The molecule has 0 fully saturated rings. The van der Waals surface area contributed by atoms with Gasteiger partial charge in [-0.05, 0) is 57.8 Å². The summed E-state index contributed by atoms with van der Waals surface area (Å²) in [7, 11) is 0. The van der Waals surface area contributed by atoms with Crippen molar-refractivity contribution in [2.75, 3.05) is 13.2 Å². The van der Waals surface area contributed by atoms with E-state index in [1.54, 1.807) is 0 Å². The molecule has 0 saturated carbocycles. The van der Waals surface area contributed by atoms with E-state index in [-0.39, 0.29) is 31.1 Å². The van der Waals surface area contributed by atoms with Crippen LogP contribution in [0.4, 0.5) is 0 Å². The topological polar surface area (TPSA) is 78.9 Å². The maximum absolute atomic E-state index is 12.6. The summed E-state index contributed by atoms with van der Waals surface area (Å²) >= 11 is 0. The highest BCUT2D eigenvalue weighted by atomic mass is 16.6. The molecule has 0 aromatic carbocycles. The minimum atomic E-state index is -0.763. The van der Waals surface area contributed by atoms with Crippen molar-refractivity contribution in [2.24, 2.45) is 0 Å². The highest BCUT2D eigenvalue weighted by molar-refractivity contribution is 5.71. The Labute approximate surface area is 365 Å². The lowest BCUT2D eigenvalue weighted by molar-refractivity contribution is -0.167. The Morgan fingerprint density at radius 2 is 0.661 bits per heavy atom. The van der Waals surface area contributed by atoms with E-state index in [1.165, 1.54) is 128 Å². The van der Waals surface area contributed by atoms with Gasteiger partial charge < -0.3 is 14.2 Å². The summed E-state index contributed by atoms with van der Waals surface area (Å²) < 4.78 is 16.6. The van der Waals surface area contributed by atoms with Crippen LogP contribution < -0.4 is 0 Å². The number of hydrogen-bond donors (Lipinski definition) is 0. The van der Waals surface area contributed by atoms with Gasteiger partial charge in [0, 0.05) is 19.3 Å². The van der Waals surface area contributed by atoms with Gasteiger partial charge in [-0.1, -0.05) is 223 Å². The maximum Gasteiger partial charge on any atom is 0.306 e. The van der Waals surface area contributed by atoms with Crippen molar-refractivity contribution in [3.05, 3.63) is 48.6 Å². The van der Waals surface area contributed by atoms with Crippen LogP contribution in [0.5, 0.6) is 0 Å². The molecule has 0 rings (SSSR count). The summed E-state index contributed by atoms with van der Waals surface area (Å²) in [5.74, 6) is -0.881. The predicted octanol–water partition coefficient (Wildman–Crippen LogP) is 16.3. The average Bonchev–Trinajstić information content (AvgIpc) is 3.23. The van der Waals surface area contributed by atoms with Gasteiger partial charge in [-0.25, -0.2) is 0 Å². The van der Waals surface area contributed by atoms with Crippen molar-refractivity contribution in [1.82, 2.24) is 0 Å². The van der Waals surface area contributed by atoms with Crippen LogP contribution in [0.25, 0.3) is 0 Å². The molecule has 0 saturated heterocycles. The van der Waals surface area contributed by atoms with Crippen molar-refractivity contribution in [1.29, 1.82) is 0 Å². The molecule has 0 aliphatic rings. The minimum absolute atomic E-state index is 0.0705. The molecule has 1 atom stereocenters. The largest absolute Gasteiger partial charge is 0.462 e. The van der Waals surface area contributed by atoms with Crippen molar-refractivity contribution in [3.8, 4) is 0 Å². The van der Waals surface area contributed by atoms with E-state index in [0.717, 1.165) is 83.5 Å². The van der Waals surface area contributed by atoms with E-state index in [4.69, 9.17) is 14.2 Å². The minimum Gasteiger partial charge on any atom is -0.462 e. The van der Waals surface area contributed by atoms with E-state index in [9.17, 15) is 14.4 Å². The van der Waals surface area contributed by atoms with E-state index in [1.807, 2.05) is 0 Å². The zero-order chi connectivity index (χ0) is 43.0. The first-order valence-corrected chi connectivity index (χ1v) is 25.1. The fourth-order valence-corrected chi connectivity index (χ4v) is 7.08. The third kappa shape index (κ3) is 46.3. The molecular formula is C53H94O6. The molecule has 0 heterocycles. The van der Waals surface area contributed by atoms with Gasteiger partial charge in [0.25, 0.3) is 0 Å². The molecule has 6 nitrogen and oxygen atoms in total. The van der Waals surface area contributed by atoms with Crippen LogP contribution in [-0.4, -0.2) is 37.2 Å². The predicted molar refractivity (Wildman–Crippen MR) is 252 cm³/mol. The van der Waals surface area contributed by atoms with Gasteiger partial charge in [0.05, 0.1) is 0 Å². The first kappa shape index (κ1) is 56.4. The molecule has 1 unspecified atom stereocenters. The number of rotatable bonds is 45. The van der Waals surface area contributed by atoms with Crippen LogP contribution in [-0.2, 0) is 28.6 Å². The monoisotopic (exact) mass is 827 g/mol. The third-order valence-corrected chi connectivity index (χ3v) is 10.8. The number of allylic oxidation sites excluding steroid dienone is 8. The molecule has 0 radical (unpaired) electrons. The Hall–Kier alpha value is -2.63. The van der Waals surface area contributed by atoms with Gasteiger partial charge in [-0.2, -0.15) is 0 Å². The molecule has 0 aliphatic carbocycles. The Bertz CT molecular complexity index is 1040. The summed E-state index contributed by atoms with van der Waals surface area (Å²) in [6.45, 7) is 6.44. The molecule has 0 aromatic rings. The molecule has 0 aliphatic heterocycles. The highest BCUT2D eigenvalue weighted by Crippen LogP contribution is 2.15. The summed E-state index contributed by atoms with van der Waals surface area (Å²) in [4.78, 5) is 37.5. The second kappa shape index (κ2) is 48.0. The number of carbonyl (C=O) groups excluding carboxylic acids is 3. The summed E-state index contributed by atoms with van der Waals surface area (Å²) in [5, 5.41) is 0. The summed E-state index contributed by atoms with van der Waals surface area (Å²) in [6, 6.07) is 0. The van der Waals surface area contributed by atoms with Crippen LogP contribution >= 0.6 is 0 Å². The highest BCUT2D eigenvalue weighted by Gasteiger charge is 2.19. The number of ether oxygens (including phenoxy) is 3. The molecule has 0 N–H and O–H groups in total. The third-order valence-electron chi connectivity index (χ3n) is 10.8. The van der Waals surface area contributed by atoms with Crippen molar-refractivity contribution in [3.63, 3.8) is 0 Å². The quantitative estimate of drug-likeness (QED) is 0.0263. The van der Waals surface area contributed by atoms with Crippen molar-refractivity contribution < 1.29 is 28.6 Å².